The van der Waals surface area contributed by atoms with Crippen LogP contribution in [0, 0.1) is 0 Å². The van der Waals surface area contributed by atoms with Gasteiger partial charge in [-0.25, -0.2) is 0 Å². The second kappa shape index (κ2) is 6.92. The van der Waals surface area contributed by atoms with Crippen molar-refractivity contribution in [2.45, 2.75) is 23.8 Å². The van der Waals surface area contributed by atoms with Gasteiger partial charge in [-0.3, -0.25) is 4.79 Å². The van der Waals surface area contributed by atoms with Gasteiger partial charge in [-0.1, -0.05) is 23.0 Å². The van der Waals surface area contributed by atoms with Crippen LogP contribution < -0.4 is 5.73 Å². The molecule has 1 amide bonds. The summed E-state index contributed by atoms with van der Waals surface area (Å²) < 4.78 is 7.08. The van der Waals surface area contributed by atoms with Crippen LogP contribution in [0.4, 0.5) is 0 Å². The zero-order valence-corrected chi connectivity index (χ0v) is 13.9. The highest BCUT2D eigenvalue weighted by atomic mass is 32.2. The zero-order chi connectivity index (χ0) is 16.2. The predicted molar refractivity (Wildman–Crippen MR) is 85.7 cm³/mol. The van der Waals surface area contributed by atoms with Crippen LogP contribution in [-0.2, 0) is 24.0 Å². The number of primary amides is 1. The fourth-order valence-electron chi connectivity index (χ4n) is 1.87. The van der Waals surface area contributed by atoms with E-state index in [1.165, 1.54) is 11.8 Å². The summed E-state index contributed by atoms with van der Waals surface area (Å²) in [7, 11) is 1.85. The molecule has 2 N–H and O–H groups in total. The average Bonchev–Trinajstić information content (AvgIpc) is 3.25. The minimum absolute atomic E-state index is 0.254. The summed E-state index contributed by atoms with van der Waals surface area (Å²) in [6, 6.07) is 3.89. The topological polar surface area (TPSA) is 113 Å². The third-order valence-electron chi connectivity index (χ3n) is 3.05. The van der Waals surface area contributed by atoms with Gasteiger partial charge in [0.1, 0.15) is 5.82 Å². The highest BCUT2D eigenvalue weighted by Gasteiger charge is 2.13. The summed E-state index contributed by atoms with van der Waals surface area (Å²) >= 11 is 3.01. The van der Waals surface area contributed by atoms with E-state index in [4.69, 9.17) is 10.3 Å². The summed E-state index contributed by atoms with van der Waals surface area (Å²) in [5.41, 5.74) is 5.15. The average molecular weight is 350 g/mol. The molecule has 0 saturated heterocycles. The van der Waals surface area contributed by atoms with Crippen LogP contribution >= 0.6 is 23.1 Å². The van der Waals surface area contributed by atoms with Gasteiger partial charge in [-0.05, 0) is 11.4 Å². The van der Waals surface area contributed by atoms with Crippen molar-refractivity contribution in [3.8, 4) is 10.7 Å². The quantitative estimate of drug-likeness (QED) is 0.644. The fourth-order valence-corrected chi connectivity index (χ4v) is 3.29. The molecule has 0 fully saturated rings. The SMILES string of the molecule is Cn1c(CCC(N)=O)nnc1SCc1nc(-c2cccs2)no1. The Bertz CT molecular complexity index is 795. The largest absolute Gasteiger partial charge is 0.370 e. The van der Waals surface area contributed by atoms with Crippen LogP contribution in [0.2, 0.25) is 0 Å². The monoisotopic (exact) mass is 350 g/mol. The van der Waals surface area contributed by atoms with E-state index in [2.05, 4.69) is 20.3 Å². The first-order chi connectivity index (χ1) is 11.1. The molecule has 0 unspecified atom stereocenters. The lowest BCUT2D eigenvalue weighted by Gasteiger charge is -2.01. The van der Waals surface area contributed by atoms with Crippen LogP contribution in [0.1, 0.15) is 18.1 Å². The molecule has 3 aromatic heterocycles. The number of nitrogens with zero attached hydrogens (tertiary/aromatic N) is 5. The molecule has 0 atom stereocenters. The predicted octanol–water partition coefficient (Wildman–Crippen LogP) is 1.64. The van der Waals surface area contributed by atoms with Crippen molar-refractivity contribution < 1.29 is 9.32 Å². The number of aryl methyl sites for hydroxylation is 1. The van der Waals surface area contributed by atoms with E-state index in [0.717, 1.165) is 15.9 Å². The molecule has 0 aliphatic carbocycles. The van der Waals surface area contributed by atoms with Gasteiger partial charge >= 0.3 is 0 Å². The van der Waals surface area contributed by atoms with Crippen molar-refractivity contribution in [3.63, 3.8) is 0 Å². The molecule has 3 aromatic rings. The molecule has 0 bridgehead atoms. The van der Waals surface area contributed by atoms with Crippen LogP contribution in [-0.4, -0.2) is 30.8 Å². The summed E-state index contributed by atoms with van der Waals surface area (Å²) in [6.45, 7) is 0. The van der Waals surface area contributed by atoms with Crippen molar-refractivity contribution in [1.82, 2.24) is 24.9 Å². The molecule has 0 radical (unpaired) electrons. The summed E-state index contributed by atoms with van der Waals surface area (Å²) in [5.74, 6) is 1.99. The Morgan fingerprint density at radius 1 is 1.48 bits per heavy atom. The van der Waals surface area contributed by atoms with Gasteiger partial charge in [0.15, 0.2) is 5.16 Å². The first-order valence-electron chi connectivity index (χ1n) is 6.79. The number of aromatic nitrogens is 5. The molecular formula is C13H14N6O2S2. The number of nitrogens with two attached hydrogens (primary N) is 1. The maximum absolute atomic E-state index is 10.8. The summed E-state index contributed by atoms with van der Waals surface area (Å²) in [6.07, 6.45) is 0.729. The van der Waals surface area contributed by atoms with Gasteiger partial charge < -0.3 is 14.8 Å². The lowest BCUT2D eigenvalue weighted by molar-refractivity contribution is -0.118. The number of rotatable bonds is 7. The number of carbonyl (C=O) groups is 1. The van der Waals surface area contributed by atoms with Crippen LogP contribution in [0.15, 0.2) is 27.2 Å². The van der Waals surface area contributed by atoms with E-state index >= 15 is 0 Å². The maximum Gasteiger partial charge on any atom is 0.237 e. The minimum atomic E-state index is -0.353. The van der Waals surface area contributed by atoms with Crippen LogP contribution in [0.5, 0.6) is 0 Å². The van der Waals surface area contributed by atoms with Crippen molar-refractivity contribution in [1.29, 1.82) is 0 Å². The minimum Gasteiger partial charge on any atom is -0.370 e. The van der Waals surface area contributed by atoms with Crippen molar-refractivity contribution in [3.05, 3.63) is 29.2 Å². The van der Waals surface area contributed by atoms with Crippen molar-refractivity contribution in [2.24, 2.45) is 12.8 Å². The molecule has 0 aromatic carbocycles. The van der Waals surface area contributed by atoms with Gasteiger partial charge in [0.25, 0.3) is 0 Å². The molecule has 3 heterocycles. The van der Waals surface area contributed by atoms with Gasteiger partial charge in [0, 0.05) is 19.9 Å². The van der Waals surface area contributed by atoms with E-state index in [0.29, 0.717) is 23.9 Å². The standard InChI is InChI=1S/C13H14N6O2S2/c1-19-10(5-4-9(14)20)16-17-13(19)23-7-11-15-12(18-21-11)8-3-2-6-22-8/h2-3,6H,4-5,7H2,1H3,(H2,14,20). The summed E-state index contributed by atoms with van der Waals surface area (Å²) in [4.78, 5) is 16.2. The molecule has 0 aliphatic rings. The first kappa shape index (κ1) is 15.7. The Kier molecular flexibility index (Phi) is 4.72. The number of thiophene rings is 1. The molecule has 0 spiro atoms. The van der Waals surface area contributed by atoms with Crippen LogP contribution in [0.25, 0.3) is 10.7 Å². The van der Waals surface area contributed by atoms with E-state index in [-0.39, 0.29) is 12.3 Å². The second-order valence-corrected chi connectivity index (χ2v) is 6.59. The first-order valence-corrected chi connectivity index (χ1v) is 8.66. The Hall–Kier alpha value is -2.20. The molecule has 8 nitrogen and oxygen atoms in total. The lowest BCUT2D eigenvalue weighted by atomic mass is 10.3. The molecule has 23 heavy (non-hydrogen) atoms. The highest BCUT2D eigenvalue weighted by molar-refractivity contribution is 7.98. The molecule has 120 valence electrons. The van der Waals surface area contributed by atoms with E-state index < -0.39 is 0 Å². The fraction of sp³-hybridized carbons (Fsp3) is 0.308. The number of hydrogen-bond acceptors (Lipinski definition) is 8. The van der Waals surface area contributed by atoms with E-state index in [9.17, 15) is 4.79 Å². The lowest BCUT2D eigenvalue weighted by Crippen LogP contribution is -2.12. The van der Waals surface area contributed by atoms with Gasteiger partial charge in [-0.2, -0.15) is 4.98 Å². The Balaban J connectivity index is 1.61. The Morgan fingerprint density at radius 2 is 2.35 bits per heavy atom. The Morgan fingerprint density at radius 3 is 3.09 bits per heavy atom. The summed E-state index contributed by atoms with van der Waals surface area (Å²) in [5, 5.41) is 14.8. The van der Waals surface area contributed by atoms with Gasteiger partial charge in [-0.15, -0.1) is 21.5 Å². The van der Waals surface area contributed by atoms with Gasteiger partial charge in [0.2, 0.25) is 17.6 Å². The molecule has 0 aliphatic heterocycles. The number of amides is 1. The Labute approximate surface area is 140 Å². The highest BCUT2D eigenvalue weighted by Crippen LogP contribution is 2.24. The molecule has 3 rings (SSSR count). The third kappa shape index (κ3) is 3.77. The molecule has 0 saturated carbocycles. The number of thioether (sulfide) groups is 1. The number of carbonyl (C=O) groups excluding carboxylic acids is 1. The van der Waals surface area contributed by atoms with E-state index in [1.807, 2.05) is 29.1 Å². The second-order valence-electron chi connectivity index (χ2n) is 4.70. The smallest absolute Gasteiger partial charge is 0.237 e. The third-order valence-corrected chi connectivity index (χ3v) is 4.93. The van der Waals surface area contributed by atoms with Crippen LogP contribution in [0.3, 0.4) is 0 Å². The molecular weight excluding hydrogens is 336 g/mol. The van der Waals surface area contributed by atoms with Crippen molar-refractivity contribution >= 4 is 29.0 Å². The number of hydrogen-bond donors (Lipinski definition) is 1. The molecule has 10 heteroatoms. The van der Waals surface area contributed by atoms with Gasteiger partial charge in [0.05, 0.1) is 10.6 Å². The maximum atomic E-state index is 10.8. The normalized spacial score (nSPS) is 11.0. The van der Waals surface area contributed by atoms with E-state index in [1.54, 1.807) is 11.3 Å². The zero-order valence-electron chi connectivity index (χ0n) is 12.3. The van der Waals surface area contributed by atoms with Crippen molar-refractivity contribution in [2.75, 3.05) is 0 Å².